The fraction of sp³-hybridized carbons (Fsp3) is 0.824. The van der Waals surface area contributed by atoms with E-state index in [1.807, 2.05) is 19.9 Å². The maximum atomic E-state index is 11.7. The van der Waals surface area contributed by atoms with Gasteiger partial charge in [0.25, 0.3) is 0 Å². The van der Waals surface area contributed by atoms with Crippen molar-refractivity contribution in [3.05, 3.63) is 11.6 Å². The molecule has 7 heteroatoms. The van der Waals surface area contributed by atoms with Crippen molar-refractivity contribution in [3.63, 3.8) is 0 Å². The van der Waals surface area contributed by atoms with E-state index in [0.717, 1.165) is 6.42 Å². The summed E-state index contributed by atoms with van der Waals surface area (Å²) in [5, 5.41) is 21.5. The van der Waals surface area contributed by atoms with Crippen molar-refractivity contribution in [1.29, 1.82) is 0 Å². The molecule has 0 amide bonds. The average molecular weight is 359 g/mol. The van der Waals surface area contributed by atoms with Crippen LogP contribution in [0.25, 0.3) is 0 Å². The molecular weight excluding hydrogens is 336 g/mol. The van der Waals surface area contributed by atoms with Crippen molar-refractivity contribution in [2.45, 2.75) is 56.7 Å². The molecule has 2 bridgehead atoms. The second kappa shape index (κ2) is 5.17. The van der Waals surface area contributed by atoms with Gasteiger partial charge in [-0.05, 0) is 19.8 Å². The molecule has 2 aliphatic carbocycles. The lowest BCUT2D eigenvalue weighted by atomic mass is 9.51. The molecule has 0 aromatic rings. The number of carbonyl (C=O) groups excluding carboxylic acids is 1. The van der Waals surface area contributed by atoms with Gasteiger partial charge in [0, 0.05) is 10.8 Å². The van der Waals surface area contributed by atoms with E-state index in [1.54, 1.807) is 0 Å². The van der Waals surface area contributed by atoms with Crippen LogP contribution < -0.4 is 0 Å². The summed E-state index contributed by atoms with van der Waals surface area (Å²) in [6.45, 7) is 4.49. The van der Waals surface area contributed by atoms with Crippen LogP contribution >= 0.6 is 11.6 Å². The van der Waals surface area contributed by atoms with Crippen molar-refractivity contribution in [1.82, 2.24) is 0 Å². The van der Waals surface area contributed by atoms with Gasteiger partial charge in [0.2, 0.25) is 0 Å². The Labute approximate surface area is 145 Å². The average Bonchev–Trinajstić information content (AvgIpc) is 3.35. The Morgan fingerprint density at radius 3 is 2.83 bits per heavy atom. The molecule has 134 valence electrons. The zero-order valence-electron chi connectivity index (χ0n) is 13.8. The monoisotopic (exact) mass is 358 g/mol. The van der Waals surface area contributed by atoms with E-state index >= 15 is 0 Å². The first-order valence-corrected chi connectivity index (χ1v) is 8.90. The van der Waals surface area contributed by atoms with E-state index in [0.29, 0.717) is 13.0 Å². The van der Waals surface area contributed by atoms with Gasteiger partial charge in [-0.15, -0.1) is 11.6 Å². The lowest BCUT2D eigenvalue weighted by molar-refractivity contribution is -0.230. The standard InChI is InChI=1S/C17H23ClO6/c1-9-3-4-16(7-22-11(19)6-18)10(5-9)24-14-12(20)13(21)15(16,2)17(14)8-23-17/h5,10,12-14,20-21H,3-4,6-8H2,1-2H3/t10-,12-,13-,14?,15-,16-,17+/m1/s1. The summed E-state index contributed by atoms with van der Waals surface area (Å²) < 4.78 is 17.4. The largest absolute Gasteiger partial charge is 0.464 e. The Kier molecular flexibility index (Phi) is 3.62. The molecular formula is C17H23ClO6. The van der Waals surface area contributed by atoms with Gasteiger partial charge in [-0.2, -0.15) is 0 Å². The van der Waals surface area contributed by atoms with Crippen LogP contribution in [0.4, 0.5) is 0 Å². The number of alkyl halides is 1. The lowest BCUT2D eigenvalue weighted by Gasteiger charge is -2.57. The predicted octanol–water partition coefficient (Wildman–Crippen LogP) is 0.773. The number of allylic oxidation sites excluding steroid dienone is 1. The molecule has 24 heavy (non-hydrogen) atoms. The molecule has 2 saturated heterocycles. The number of hydrogen-bond donors (Lipinski definition) is 2. The summed E-state index contributed by atoms with van der Waals surface area (Å²) in [5.74, 6) is -0.719. The number of epoxide rings is 1. The minimum absolute atomic E-state index is 0.0884. The normalized spacial score (nSPS) is 52.0. The minimum Gasteiger partial charge on any atom is -0.464 e. The number of rotatable bonds is 3. The van der Waals surface area contributed by atoms with Gasteiger partial charge < -0.3 is 24.4 Å². The number of carbonyl (C=O) groups is 1. The Balaban J connectivity index is 1.80. The van der Waals surface area contributed by atoms with Crippen LogP contribution in [0.5, 0.6) is 0 Å². The zero-order chi connectivity index (χ0) is 17.3. The van der Waals surface area contributed by atoms with E-state index in [-0.39, 0.29) is 18.6 Å². The van der Waals surface area contributed by atoms with Gasteiger partial charge in [-0.25, -0.2) is 0 Å². The number of hydrogen-bond acceptors (Lipinski definition) is 6. The van der Waals surface area contributed by atoms with Gasteiger partial charge in [0.05, 0.1) is 18.8 Å². The van der Waals surface area contributed by atoms with Gasteiger partial charge in [-0.3, -0.25) is 4.79 Å². The lowest BCUT2D eigenvalue weighted by Crippen LogP contribution is -2.66. The van der Waals surface area contributed by atoms with E-state index < -0.39 is 40.7 Å². The number of halogens is 1. The molecule has 0 aromatic carbocycles. The predicted molar refractivity (Wildman–Crippen MR) is 84.6 cm³/mol. The first kappa shape index (κ1) is 16.8. The van der Waals surface area contributed by atoms with Crippen LogP contribution in [0.3, 0.4) is 0 Å². The number of ether oxygens (including phenoxy) is 3. The number of esters is 1. The van der Waals surface area contributed by atoms with Crippen molar-refractivity contribution < 1.29 is 29.2 Å². The second-order valence-corrected chi connectivity index (χ2v) is 8.02. The molecule has 1 saturated carbocycles. The molecule has 4 aliphatic rings. The molecule has 1 unspecified atom stereocenters. The molecule has 7 atom stereocenters. The smallest absolute Gasteiger partial charge is 0.320 e. The number of aliphatic hydroxyl groups is 2. The van der Waals surface area contributed by atoms with Crippen molar-refractivity contribution in [2.75, 3.05) is 19.1 Å². The molecule has 3 fully saturated rings. The van der Waals surface area contributed by atoms with Crippen molar-refractivity contribution >= 4 is 17.6 Å². The molecule has 2 aliphatic heterocycles. The fourth-order valence-corrected chi connectivity index (χ4v) is 5.35. The Morgan fingerprint density at radius 2 is 2.21 bits per heavy atom. The summed E-state index contributed by atoms with van der Waals surface area (Å²) in [5.41, 5.74) is -0.942. The molecule has 1 spiro atoms. The molecule has 0 radical (unpaired) electrons. The maximum absolute atomic E-state index is 11.7. The van der Waals surface area contributed by atoms with Gasteiger partial charge >= 0.3 is 5.97 Å². The molecule has 2 heterocycles. The highest BCUT2D eigenvalue weighted by Crippen LogP contribution is 2.71. The maximum Gasteiger partial charge on any atom is 0.320 e. The van der Waals surface area contributed by atoms with Crippen molar-refractivity contribution in [3.8, 4) is 0 Å². The summed E-state index contributed by atoms with van der Waals surface area (Å²) in [6.07, 6.45) is 0.607. The Bertz CT molecular complexity index is 602. The van der Waals surface area contributed by atoms with Crippen molar-refractivity contribution in [2.24, 2.45) is 10.8 Å². The van der Waals surface area contributed by atoms with E-state index in [9.17, 15) is 15.0 Å². The highest BCUT2D eigenvalue weighted by atomic mass is 35.5. The summed E-state index contributed by atoms with van der Waals surface area (Å²) >= 11 is 5.57. The van der Waals surface area contributed by atoms with E-state index in [4.69, 9.17) is 25.8 Å². The quantitative estimate of drug-likeness (QED) is 0.335. The first-order chi connectivity index (χ1) is 11.3. The SMILES string of the molecule is CC1=C[C@H]2OC3[C@H](O)[C@@H](O)[C@](C)([C@@]2(COC(=O)CCl)CC1)[C@]31CO1. The van der Waals surface area contributed by atoms with Gasteiger partial charge in [0.1, 0.15) is 30.3 Å². The Hall–Kier alpha value is -0.660. The minimum atomic E-state index is -1.02. The fourth-order valence-electron chi connectivity index (χ4n) is 5.28. The zero-order valence-corrected chi connectivity index (χ0v) is 14.6. The highest BCUT2D eigenvalue weighted by Gasteiger charge is 2.84. The van der Waals surface area contributed by atoms with Crippen LogP contribution in [-0.4, -0.2) is 65.3 Å². The van der Waals surface area contributed by atoms with Crippen LogP contribution in [0, 0.1) is 10.8 Å². The summed E-state index contributed by atoms with van der Waals surface area (Å²) in [4.78, 5) is 11.7. The van der Waals surface area contributed by atoms with Crippen LogP contribution in [-0.2, 0) is 19.0 Å². The highest BCUT2D eigenvalue weighted by molar-refractivity contribution is 6.26. The first-order valence-electron chi connectivity index (χ1n) is 8.37. The second-order valence-electron chi connectivity index (χ2n) is 7.76. The third kappa shape index (κ3) is 1.78. The topological polar surface area (TPSA) is 88.5 Å². The van der Waals surface area contributed by atoms with Crippen LogP contribution in [0.2, 0.25) is 0 Å². The van der Waals surface area contributed by atoms with Crippen LogP contribution in [0.15, 0.2) is 11.6 Å². The van der Waals surface area contributed by atoms with Crippen LogP contribution in [0.1, 0.15) is 26.7 Å². The molecule has 0 aromatic heterocycles. The third-order valence-corrected chi connectivity index (χ3v) is 7.11. The Morgan fingerprint density at radius 1 is 1.50 bits per heavy atom. The molecule has 4 rings (SSSR count). The number of fused-ring (bicyclic) bond motifs is 2. The van der Waals surface area contributed by atoms with Gasteiger partial charge in [-0.1, -0.05) is 18.6 Å². The summed E-state index contributed by atoms with van der Waals surface area (Å²) in [7, 11) is 0. The van der Waals surface area contributed by atoms with Gasteiger partial charge in [0.15, 0.2) is 0 Å². The number of aliphatic hydroxyl groups excluding tert-OH is 2. The third-order valence-electron chi connectivity index (χ3n) is 6.89. The molecule has 6 nitrogen and oxygen atoms in total. The summed E-state index contributed by atoms with van der Waals surface area (Å²) in [6, 6.07) is 0. The van der Waals surface area contributed by atoms with E-state index in [1.165, 1.54) is 5.57 Å². The molecule has 2 N–H and O–H groups in total. The van der Waals surface area contributed by atoms with E-state index in [2.05, 4.69) is 0 Å².